The maximum absolute atomic E-state index is 13.7. The van der Waals surface area contributed by atoms with E-state index in [0.29, 0.717) is 22.5 Å². The molecule has 3 aromatic heterocycles. The van der Waals surface area contributed by atoms with Crippen LogP contribution in [-0.4, -0.2) is 30.5 Å². The molecule has 0 aliphatic heterocycles. The number of rotatable bonds is 10. The Bertz CT molecular complexity index is 3480. The molecular formula is C69H64FIrN5O-2. The Labute approximate surface area is 468 Å². The standard InChI is InChI=1S/C35H31FNO.C34H33N4.Ir/c1-22(2)30-18-26(24-10-6-5-7-11-24)19-31(23(3)4)35(30)27-20-32(25-14-16-28(36)17-15-25)37-33(21-27)29-12-8-9-13-34(29)38;1-33(2,3)31-18-16-29(35-37-31)27-20-26(25-14-12-24(13-15-25)23-10-8-7-9-11-23)21-28(22-27)30-17-19-32(38-36-30)34(4,5)6;/h5-14,16-23,38H,1-4H3;7-21H,1-6H3;/q2*-1;. The molecule has 0 aliphatic rings. The summed E-state index contributed by atoms with van der Waals surface area (Å²) in [7, 11) is 0. The molecule has 10 rings (SSSR count). The molecule has 6 nitrogen and oxygen atoms in total. The van der Waals surface area contributed by atoms with Gasteiger partial charge in [-0.25, -0.2) is 0 Å². The molecule has 0 unspecified atom stereocenters. The average Bonchev–Trinajstić information content (AvgIpc) is 3.44. The van der Waals surface area contributed by atoms with Crippen LogP contribution in [0.25, 0.3) is 89.5 Å². The maximum atomic E-state index is 13.7. The van der Waals surface area contributed by atoms with E-state index < -0.39 is 0 Å². The van der Waals surface area contributed by atoms with Crippen LogP contribution in [0.4, 0.5) is 4.39 Å². The van der Waals surface area contributed by atoms with E-state index in [9.17, 15) is 9.50 Å². The van der Waals surface area contributed by atoms with Crippen LogP contribution in [0.5, 0.6) is 5.75 Å². The summed E-state index contributed by atoms with van der Waals surface area (Å²) in [6.07, 6.45) is 0. The number of nitrogens with zero attached hydrogens (tertiary/aromatic N) is 5. The van der Waals surface area contributed by atoms with Crippen LogP contribution >= 0.6 is 0 Å². The maximum Gasteiger partial charge on any atom is 0.124 e. The zero-order valence-corrected chi connectivity index (χ0v) is 47.8. The van der Waals surface area contributed by atoms with Crippen molar-refractivity contribution in [3.63, 3.8) is 0 Å². The van der Waals surface area contributed by atoms with Crippen molar-refractivity contribution in [2.45, 2.75) is 91.9 Å². The first-order valence-corrected chi connectivity index (χ1v) is 26.0. The largest absolute Gasteiger partial charge is 0.507 e. The number of aromatic hydroxyl groups is 1. The van der Waals surface area contributed by atoms with Gasteiger partial charge in [-0.05, 0) is 97.9 Å². The van der Waals surface area contributed by atoms with Crippen molar-refractivity contribution < 1.29 is 29.6 Å². The molecule has 0 saturated heterocycles. The number of hydrogen-bond acceptors (Lipinski definition) is 6. The Kier molecular flexibility index (Phi) is 17.0. The predicted molar refractivity (Wildman–Crippen MR) is 310 cm³/mol. The number of pyridine rings is 1. The number of para-hydroxylation sites is 1. The number of benzene rings is 7. The van der Waals surface area contributed by atoms with E-state index in [2.05, 4.69) is 223 Å². The van der Waals surface area contributed by atoms with Gasteiger partial charge < -0.3 is 5.11 Å². The van der Waals surface area contributed by atoms with Crippen molar-refractivity contribution in [3.8, 4) is 95.3 Å². The van der Waals surface area contributed by atoms with Crippen molar-refractivity contribution in [1.29, 1.82) is 0 Å². The molecule has 0 aliphatic carbocycles. The van der Waals surface area contributed by atoms with Gasteiger partial charge in [-0.1, -0.05) is 213 Å². The summed E-state index contributed by atoms with van der Waals surface area (Å²) < 4.78 is 13.7. The first-order valence-electron chi connectivity index (χ1n) is 26.0. The minimum absolute atomic E-state index is 0. The normalized spacial score (nSPS) is 11.5. The van der Waals surface area contributed by atoms with Gasteiger partial charge in [-0.15, -0.1) is 48.0 Å². The molecule has 3 heterocycles. The zero-order chi connectivity index (χ0) is 53.7. The van der Waals surface area contributed by atoms with E-state index in [0.717, 1.165) is 50.6 Å². The molecule has 0 saturated carbocycles. The number of aromatic nitrogens is 5. The van der Waals surface area contributed by atoms with Crippen molar-refractivity contribution >= 4 is 0 Å². The fourth-order valence-electron chi connectivity index (χ4n) is 9.19. The van der Waals surface area contributed by atoms with Crippen LogP contribution in [0.3, 0.4) is 0 Å². The second kappa shape index (κ2) is 23.6. The number of phenolic OH excluding ortho intramolecular Hbond substituents is 1. The van der Waals surface area contributed by atoms with E-state index in [4.69, 9.17) is 4.98 Å². The molecule has 0 atom stereocenters. The third-order valence-electron chi connectivity index (χ3n) is 13.5. The molecule has 0 spiro atoms. The van der Waals surface area contributed by atoms with Gasteiger partial charge in [0.15, 0.2) is 0 Å². The van der Waals surface area contributed by atoms with Crippen LogP contribution in [0.2, 0.25) is 0 Å². The van der Waals surface area contributed by atoms with E-state index >= 15 is 0 Å². The van der Waals surface area contributed by atoms with Crippen molar-refractivity contribution in [3.05, 3.63) is 229 Å². The van der Waals surface area contributed by atoms with Crippen LogP contribution in [0.15, 0.2) is 188 Å². The molecule has 0 fully saturated rings. The zero-order valence-electron chi connectivity index (χ0n) is 45.4. The predicted octanol–water partition coefficient (Wildman–Crippen LogP) is 18.0. The van der Waals surface area contributed by atoms with Gasteiger partial charge in [0, 0.05) is 53.7 Å². The smallest absolute Gasteiger partial charge is 0.124 e. The molecule has 1 radical (unpaired) electrons. The van der Waals surface area contributed by atoms with Crippen LogP contribution in [-0.2, 0) is 30.9 Å². The van der Waals surface area contributed by atoms with Gasteiger partial charge in [0.25, 0.3) is 0 Å². The molecule has 0 bridgehead atoms. The molecule has 1 N–H and O–H groups in total. The first kappa shape index (κ1) is 55.5. The van der Waals surface area contributed by atoms with Crippen molar-refractivity contribution in [1.82, 2.24) is 25.4 Å². The Morgan fingerprint density at radius 1 is 0.429 bits per heavy atom. The fraction of sp³-hybridized carbons (Fsp3) is 0.203. The summed E-state index contributed by atoms with van der Waals surface area (Å²) >= 11 is 0. The summed E-state index contributed by atoms with van der Waals surface area (Å²) in [5, 5.41) is 28.8. The number of halogens is 1. The van der Waals surface area contributed by atoms with E-state index in [1.807, 2.05) is 36.4 Å². The Hall–Kier alpha value is -7.77. The van der Waals surface area contributed by atoms with Crippen molar-refractivity contribution in [2.75, 3.05) is 0 Å². The summed E-state index contributed by atoms with van der Waals surface area (Å²) in [6, 6.07) is 68.9. The molecular weight excluding hydrogens is 1130 g/mol. The van der Waals surface area contributed by atoms with Gasteiger partial charge >= 0.3 is 0 Å². The third-order valence-corrected chi connectivity index (χ3v) is 13.5. The van der Waals surface area contributed by atoms with Gasteiger partial charge in [0.05, 0.1) is 17.1 Å². The summed E-state index contributed by atoms with van der Waals surface area (Å²) in [6.45, 7) is 21.7. The Balaban J connectivity index is 0.000000201. The Morgan fingerprint density at radius 3 is 1.34 bits per heavy atom. The van der Waals surface area contributed by atoms with Crippen LogP contribution < -0.4 is 0 Å². The second-order valence-electron chi connectivity index (χ2n) is 22.0. The molecule has 10 aromatic rings. The van der Waals surface area contributed by atoms with E-state index in [1.165, 1.54) is 51.1 Å². The van der Waals surface area contributed by atoms with Crippen LogP contribution in [0, 0.1) is 17.9 Å². The Morgan fingerprint density at radius 2 is 0.883 bits per heavy atom. The number of hydrogen-bond donors (Lipinski definition) is 1. The average molecular weight is 1190 g/mol. The van der Waals surface area contributed by atoms with E-state index in [-0.39, 0.29) is 54.3 Å². The topological polar surface area (TPSA) is 84.7 Å². The SMILES string of the molecule is CC(C)(C)c1ccc(-c2[c-]c(-c3ccc(C(C)(C)C)nn3)cc(-c3ccc(-c4ccccc4)cc3)c2)nn1.CC(C)c1cc(-c2ccccc2)cc(C(C)C)c1-c1cc(-c2[c-]cc(F)cc2)nc(-c2ccccc2O)c1.[Ir]. The molecule has 7 aromatic carbocycles. The quantitative estimate of drug-likeness (QED) is 0.137. The fourth-order valence-corrected chi connectivity index (χ4v) is 9.19. The number of phenols is 1. The summed E-state index contributed by atoms with van der Waals surface area (Å²) in [5.41, 5.74) is 19.4. The van der Waals surface area contributed by atoms with Gasteiger partial charge in [-0.3, -0.25) is 9.37 Å². The third kappa shape index (κ3) is 13.1. The molecule has 389 valence electrons. The monoisotopic (exact) mass is 1190 g/mol. The van der Waals surface area contributed by atoms with E-state index in [1.54, 1.807) is 18.2 Å². The minimum Gasteiger partial charge on any atom is -0.507 e. The van der Waals surface area contributed by atoms with Gasteiger partial charge in [0.2, 0.25) is 0 Å². The van der Waals surface area contributed by atoms with Crippen LogP contribution in [0.1, 0.15) is 104 Å². The summed E-state index contributed by atoms with van der Waals surface area (Å²) in [4.78, 5) is 4.89. The minimum atomic E-state index is -0.341. The van der Waals surface area contributed by atoms with Gasteiger partial charge in [-0.2, -0.15) is 20.4 Å². The van der Waals surface area contributed by atoms with Gasteiger partial charge in [0.1, 0.15) is 5.75 Å². The molecule has 8 heteroatoms. The van der Waals surface area contributed by atoms with Crippen molar-refractivity contribution in [2.24, 2.45) is 0 Å². The first-order chi connectivity index (χ1) is 36.4. The molecule has 0 amide bonds. The molecule has 77 heavy (non-hydrogen) atoms. The second-order valence-corrected chi connectivity index (χ2v) is 22.0. The summed E-state index contributed by atoms with van der Waals surface area (Å²) in [5.74, 6) is 0.368.